The molecule has 0 amide bonds. The molecule has 21 heavy (non-hydrogen) atoms. The van der Waals surface area contributed by atoms with Gasteiger partial charge in [0.25, 0.3) is 0 Å². The van der Waals surface area contributed by atoms with E-state index in [0.29, 0.717) is 15.7 Å². The van der Waals surface area contributed by atoms with Gasteiger partial charge in [0.05, 0.1) is 4.90 Å². The minimum atomic E-state index is -1.43. The lowest BCUT2D eigenvalue weighted by molar-refractivity contribution is 0.388. The Morgan fingerprint density at radius 1 is 1.48 bits per heavy atom. The molecule has 0 saturated carbocycles. The number of fused-ring (bicyclic) bond motifs is 1. The van der Waals surface area contributed by atoms with E-state index >= 15 is 0 Å². The van der Waals surface area contributed by atoms with E-state index in [4.69, 9.17) is 16.1 Å². The molecule has 2 N–H and O–H groups in total. The summed E-state index contributed by atoms with van der Waals surface area (Å²) in [4.78, 5) is 3.72. The van der Waals surface area contributed by atoms with Crippen LogP contribution in [0.5, 0.6) is 0 Å². The standard InChI is InChI=1S/C14H14ClN3O2S/c1-3-12-8(2)14(17-20-12)18-21(19)13-7-16-11-6-9(15)4-5-10(11)13/h4-7,16H,3H2,1-2H3,(H,17,18). The van der Waals surface area contributed by atoms with E-state index < -0.39 is 11.0 Å². The Bertz CT molecular complexity index is 825. The SMILES string of the molecule is CCc1onc(NS(=O)c2c[nH]c3cc(Cl)ccc23)c1C. The summed E-state index contributed by atoms with van der Waals surface area (Å²) in [7, 11) is -1.43. The molecule has 1 aromatic carbocycles. The lowest BCUT2D eigenvalue weighted by atomic mass is 10.2. The molecule has 0 aliphatic rings. The molecule has 0 bridgehead atoms. The fourth-order valence-corrected chi connectivity index (χ4v) is 3.35. The third-order valence-electron chi connectivity index (χ3n) is 3.34. The molecule has 0 spiro atoms. The van der Waals surface area contributed by atoms with Crippen LogP contribution in [0.3, 0.4) is 0 Å². The van der Waals surface area contributed by atoms with Crippen molar-refractivity contribution in [3.8, 4) is 0 Å². The molecule has 110 valence electrons. The highest BCUT2D eigenvalue weighted by molar-refractivity contribution is 7.86. The molecule has 0 aliphatic carbocycles. The van der Waals surface area contributed by atoms with E-state index in [1.165, 1.54) is 0 Å². The number of rotatable bonds is 4. The van der Waals surface area contributed by atoms with Gasteiger partial charge < -0.3 is 9.51 Å². The van der Waals surface area contributed by atoms with Crippen molar-refractivity contribution in [2.45, 2.75) is 25.2 Å². The lowest BCUT2D eigenvalue weighted by Crippen LogP contribution is -2.05. The first kappa shape index (κ1) is 14.2. The summed E-state index contributed by atoms with van der Waals surface area (Å²) in [5.74, 6) is 1.30. The van der Waals surface area contributed by atoms with Crippen molar-refractivity contribution in [3.63, 3.8) is 0 Å². The van der Waals surface area contributed by atoms with Crippen LogP contribution in [0, 0.1) is 6.92 Å². The second-order valence-electron chi connectivity index (χ2n) is 4.65. The molecule has 3 aromatic rings. The molecular formula is C14H14ClN3O2S. The Labute approximate surface area is 129 Å². The second kappa shape index (κ2) is 5.54. The summed E-state index contributed by atoms with van der Waals surface area (Å²) in [6, 6.07) is 5.42. The first-order valence-corrected chi connectivity index (χ1v) is 8.03. The van der Waals surface area contributed by atoms with Crippen LogP contribution in [-0.4, -0.2) is 14.3 Å². The van der Waals surface area contributed by atoms with Gasteiger partial charge >= 0.3 is 0 Å². The number of H-pyrrole nitrogens is 1. The largest absolute Gasteiger partial charge is 0.360 e. The molecule has 2 aromatic heterocycles. The maximum atomic E-state index is 12.5. The number of hydrogen-bond acceptors (Lipinski definition) is 3. The number of halogens is 1. The van der Waals surface area contributed by atoms with Crippen molar-refractivity contribution in [2.75, 3.05) is 4.72 Å². The van der Waals surface area contributed by atoms with Crippen LogP contribution in [0.1, 0.15) is 18.2 Å². The molecule has 5 nitrogen and oxygen atoms in total. The smallest absolute Gasteiger partial charge is 0.184 e. The molecule has 0 saturated heterocycles. The molecule has 0 radical (unpaired) electrons. The number of benzene rings is 1. The third kappa shape index (κ3) is 2.56. The van der Waals surface area contributed by atoms with E-state index in [-0.39, 0.29) is 0 Å². The van der Waals surface area contributed by atoms with Crippen LogP contribution in [-0.2, 0) is 17.4 Å². The molecule has 1 atom stereocenters. The summed E-state index contributed by atoms with van der Waals surface area (Å²) in [5, 5.41) is 5.42. The van der Waals surface area contributed by atoms with Crippen LogP contribution in [0.2, 0.25) is 5.02 Å². The highest BCUT2D eigenvalue weighted by Gasteiger charge is 2.16. The van der Waals surface area contributed by atoms with Crippen molar-refractivity contribution >= 4 is 39.3 Å². The molecule has 0 fully saturated rings. The van der Waals surface area contributed by atoms with Crippen molar-refractivity contribution in [2.24, 2.45) is 0 Å². The van der Waals surface area contributed by atoms with E-state index in [1.807, 2.05) is 19.9 Å². The van der Waals surface area contributed by atoms with Gasteiger partial charge in [-0.05, 0) is 19.1 Å². The summed E-state index contributed by atoms with van der Waals surface area (Å²) < 4.78 is 20.6. The van der Waals surface area contributed by atoms with Gasteiger partial charge in [-0.15, -0.1) is 0 Å². The second-order valence-corrected chi connectivity index (χ2v) is 6.26. The summed E-state index contributed by atoms with van der Waals surface area (Å²) in [6.07, 6.45) is 2.46. The molecule has 1 unspecified atom stereocenters. The fourth-order valence-electron chi connectivity index (χ4n) is 2.16. The van der Waals surface area contributed by atoms with Crippen molar-refractivity contribution in [1.82, 2.24) is 10.1 Å². The van der Waals surface area contributed by atoms with Gasteiger partial charge in [0, 0.05) is 34.1 Å². The van der Waals surface area contributed by atoms with E-state index in [9.17, 15) is 4.21 Å². The molecule has 0 aliphatic heterocycles. The Morgan fingerprint density at radius 3 is 3.00 bits per heavy atom. The summed E-state index contributed by atoms with van der Waals surface area (Å²) >= 11 is 5.94. The van der Waals surface area contributed by atoms with Crippen molar-refractivity contribution < 1.29 is 8.73 Å². The van der Waals surface area contributed by atoms with Gasteiger partial charge in [-0.2, -0.15) is 0 Å². The fraction of sp³-hybridized carbons (Fsp3) is 0.214. The quantitative estimate of drug-likeness (QED) is 0.766. The van der Waals surface area contributed by atoms with Crippen LogP contribution in [0.15, 0.2) is 33.8 Å². The van der Waals surface area contributed by atoms with E-state index in [2.05, 4.69) is 14.9 Å². The highest BCUT2D eigenvalue weighted by Crippen LogP contribution is 2.26. The zero-order valence-electron chi connectivity index (χ0n) is 11.6. The predicted octanol–water partition coefficient (Wildman–Crippen LogP) is 3.81. The van der Waals surface area contributed by atoms with Crippen molar-refractivity contribution in [3.05, 3.63) is 40.7 Å². The first-order chi connectivity index (χ1) is 10.1. The van der Waals surface area contributed by atoms with E-state index in [0.717, 1.165) is 28.6 Å². The summed E-state index contributed by atoms with van der Waals surface area (Å²) in [5.41, 5.74) is 1.73. The van der Waals surface area contributed by atoms with Gasteiger partial charge in [0.15, 0.2) is 16.8 Å². The number of aromatic amines is 1. The Balaban J connectivity index is 1.92. The Hall–Kier alpha value is -1.79. The Kier molecular flexibility index (Phi) is 3.73. The number of anilines is 1. The average molecular weight is 324 g/mol. The van der Waals surface area contributed by atoms with E-state index in [1.54, 1.807) is 18.3 Å². The maximum Gasteiger partial charge on any atom is 0.184 e. The highest BCUT2D eigenvalue weighted by atomic mass is 35.5. The zero-order valence-corrected chi connectivity index (χ0v) is 13.1. The minimum absolute atomic E-state index is 0.508. The number of aromatic nitrogens is 2. The molecule has 2 heterocycles. The topological polar surface area (TPSA) is 70.9 Å². The van der Waals surface area contributed by atoms with Gasteiger partial charge in [-0.1, -0.05) is 29.7 Å². The lowest BCUT2D eigenvalue weighted by Gasteiger charge is -2.02. The predicted molar refractivity (Wildman–Crippen MR) is 84.0 cm³/mol. The normalized spacial score (nSPS) is 12.7. The molecular weight excluding hydrogens is 310 g/mol. The first-order valence-electron chi connectivity index (χ1n) is 6.50. The van der Waals surface area contributed by atoms with Crippen LogP contribution in [0.4, 0.5) is 5.82 Å². The Morgan fingerprint density at radius 2 is 2.29 bits per heavy atom. The molecule has 7 heteroatoms. The van der Waals surface area contributed by atoms with Crippen LogP contribution in [0.25, 0.3) is 10.9 Å². The van der Waals surface area contributed by atoms with Gasteiger partial charge in [-0.25, -0.2) is 4.21 Å². The monoisotopic (exact) mass is 323 g/mol. The zero-order chi connectivity index (χ0) is 15.0. The van der Waals surface area contributed by atoms with Gasteiger partial charge in [-0.3, -0.25) is 4.72 Å². The average Bonchev–Trinajstić information content (AvgIpc) is 3.03. The minimum Gasteiger partial charge on any atom is -0.360 e. The molecule has 3 rings (SSSR count). The summed E-state index contributed by atoms with van der Waals surface area (Å²) in [6.45, 7) is 3.88. The van der Waals surface area contributed by atoms with Crippen molar-refractivity contribution in [1.29, 1.82) is 0 Å². The number of nitrogens with zero attached hydrogens (tertiary/aromatic N) is 1. The third-order valence-corrected chi connectivity index (χ3v) is 4.69. The number of nitrogens with one attached hydrogen (secondary N) is 2. The van der Waals surface area contributed by atoms with Gasteiger partial charge in [0.2, 0.25) is 0 Å². The number of aryl methyl sites for hydroxylation is 1. The van der Waals surface area contributed by atoms with Crippen LogP contribution < -0.4 is 4.72 Å². The number of hydrogen-bond donors (Lipinski definition) is 2. The van der Waals surface area contributed by atoms with Crippen LogP contribution >= 0.6 is 11.6 Å². The van der Waals surface area contributed by atoms with Gasteiger partial charge in [0.1, 0.15) is 5.76 Å². The maximum absolute atomic E-state index is 12.5.